The zero-order valence-electron chi connectivity index (χ0n) is 12.9. The smallest absolute Gasteiger partial charge is 0.237 e. The molecule has 1 rings (SSSR count). The number of carbonyl (C=O) groups excluding carboxylic acids is 1. The summed E-state index contributed by atoms with van der Waals surface area (Å²) < 4.78 is 0. The first kappa shape index (κ1) is 16.4. The van der Waals surface area contributed by atoms with Crippen LogP contribution in [0.2, 0.25) is 0 Å². The average Bonchev–Trinajstić information content (AvgIpc) is 3.13. The van der Waals surface area contributed by atoms with Crippen molar-refractivity contribution in [2.75, 3.05) is 26.2 Å². The van der Waals surface area contributed by atoms with E-state index < -0.39 is 5.54 Å². The monoisotopic (exact) mass is 269 g/mol. The highest BCUT2D eigenvalue weighted by Gasteiger charge is 2.30. The van der Waals surface area contributed by atoms with Crippen LogP contribution in [0, 0.1) is 5.92 Å². The standard InChI is InChI=1S/C15H31N3O/c1-4-10-18(12-13-7-8-13)11-6-9-15(3,14(16)19)17-5-2/h13,17H,4-12H2,1-3H3,(H2,16,19). The van der Waals surface area contributed by atoms with E-state index in [1.54, 1.807) is 0 Å². The fourth-order valence-corrected chi connectivity index (χ4v) is 2.62. The Labute approximate surface area is 118 Å². The summed E-state index contributed by atoms with van der Waals surface area (Å²) >= 11 is 0. The van der Waals surface area contributed by atoms with Crippen LogP contribution in [0.5, 0.6) is 0 Å². The van der Waals surface area contributed by atoms with Crippen molar-refractivity contribution in [3.05, 3.63) is 0 Å². The average molecular weight is 269 g/mol. The minimum absolute atomic E-state index is 0.237. The summed E-state index contributed by atoms with van der Waals surface area (Å²) in [6.07, 6.45) is 5.85. The summed E-state index contributed by atoms with van der Waals surface area (Å²) in [5, 5.41) is 3.22. The molecule has 19 heavy (non-hydrogen) atoms. The van der Waals surface area contributed by atoms with Crippen molar-refractivity contribution in [1.82, 2.24) is 10.2 Å². The van der Waals surface area contributed by atoms with E-state index in [-0.39, 0.29) is 5.91 Å². The van der Waals surface area contributed by atoms with Crippen molar-refractivity contribution >= 4 is 5.91 Å². The molecule has 0 aromatic carbocycles. The lowest BCUT2D eigenvalue weighted by Gasteiger charge is -2.29. The second-order valence-electron chi connectivity index (χ2n) is 6.07. The van der Waals surface area contributed by atoms with Crippen LogP contribution in [-0.2, 0) is 4.79 Å². The van der Waals surface area contributed by atoms with Crippen LogP contribution in [0.4, 0.5) is 0 Å². The molecule has 112 valence electrons. The van der Waals surface area contributed by atoms with Crippen molar-refractivity contribution in [2.45, 2.75) is 58.4 Å². The van der Waals surface area contributed by atoms with Crippen LogP contribution >= 0.6 is 0 Å². The molecule has 1 aliphatic carbocycles. The van der Waals surface area contributed by atoms with Crippen LogP contribution in [0.3, 0.4) is 0 Å². The Bertz CT molecular complexity index is 279. The van der Waals surface area contributed by atoms with E-state index in [1.807, 2.05) is 13.8 Å². The van der Waals surface area contributed by atoms with Gasteiger partial charge in [0.25, 0.3) is 0 Å². The van der Waals surface area contributed by atoms with E-state index in [0.717, 1.165) is 31.8 Å². The van der Waals surface area contributed by atoms with E-state index in [0.29, 0.717) is 0 Å². The number of nitrogens with zero attached hydrogens (tertiary/aromatic N) is 1. The number of hydrogen-bond donors (Lipinski definition) is 2. The Kier molecular flexibility index (Phi) is 6.80. The van der Waals surface area contributed by atoms with Gasteiger partial charge in [-0.05, 0) is 64.6 Å². The number of carbonyl (C=O) groups is 1. The van der Waals surface area contributed by atoms with Gasteiger partial charge in [0.1, 0.15) is 0 Å². The molecule has 0 aromatic heterocycles. The fourth-order valence-electron chi connectivity index (χ4n) is 2.62. The van der Waals surface area contributed by atoms with Crippen LogP contribution in [0.25, 0.3) is 0 Å². The predicted molar refractivity (Wildman–Crippen MR) is 80.0 cm³/mol. The van der Waals surface area contributed by atoms with Gasteiger partial charge in [-0.1, -0.05) is 13.8 Å². The van der Waals surface area contributed by atoms with Gasteiger partial charge in [-0.3, -0.25) is 4.79 Å². The molecule has 0 aliphatic heterocycles. The molecule has 0 heterocycles. The third kappa shape index (κ3) is 5.91. The van der Waals surface area contributed by atoms with E-state index >= 15 is 0 Å². The Morgan fingerprint density at radius 1 is 1.37 bits per heavy atom. The summed E-state index contributed by atoms with van der Waals surface area (Å²) in [4.78, 5) is 14.1. The topological polar surface area (TPSA) is 58.4 Å². The lowest BCUT2D eigenvalue weighted by atomic mass is 9.94. The quantitative estimate of drug-likeness (QED) is 0.601. The van der Waals surface area contributed by atoms with Crippen molar-refractivity contribution in [3.63, 3.8) is 0 Å². The molecule has 1 amide bonds. The Morgan fingerprint density at radius 2 is 2.05 bits per heavy atom. The third-order valence-corrected chi connectivity index (χ3v) is 4.02. The molecule has 3 N–H and O–H groups in total. The maximum Gasteiger partial charge on any atom is 0.237 e. The summed E-state index contributed by atoms with van der Waals surface area (Å²) in [7, 11) is 0. The molecule has 1 saturated carbocycles. The molecule has 1 atom stereocenters. The number of primary amides is 1. The maximum absolute atomic E-state index is 11.5. The summed E-state index contributed by atoms with van der Waals surface area (Å²) in [5.41, 5.74) is 4.96. The van der Waals surface area contributed by atoms with Gasteiger partial charge in [0.05, 0.1) is 5.54 Å². The first-order chi connectivity index (χ1) is 9.01. The van der Waals surface area contributed by atoms with Crippen LogP contribution in [0.1, 0.15) is 52.9 Å². The number of nitrogens with one attached hydrogen (secondary N) is 1. The molecule has 0 aromatic rings. The van der Waals surface area contributed by atoms with Gasteiger partial charge in [0.15, 0.2) is 0 Å². The number of nitrogens with two attached hydrogens (primary N) is 1. The zero-order chi connectivity index (χ0) is 14.3. The highest BCUT2D eigenvalue weighted by atomic mass is 16.1. The van der Waals surface area contributed by atoms with Gasteiger partial charge in [0.2, 0.25) is 5.91 Å². The van der Waals surface area contributed by atoms with E-state index in [9.17, 15) is 4.79 Å². The molecule has 1 fully saturated rings. The van der Waals surface area contributed by atoms with Crippen LogP contribution < -0.4 is 11.1 Å². The number of amides is 1. The Hall–Kier alpha value is -0.610. The van der Waals surface area contributed by atoms with Crippen molar-refractivity contribution in [3.8, 4) is 0 Å². The van der Waals surface area contributed by atoms with Crippen molar-refractivity contribution < 1.29 is 4.79 Å². The molecule has 0 saturated heterocycles. The molecule has 1 unspecified atom stereocenters. The number of likely N-dealkylation sites (N-methyl/N-ethyl adjacent to an activating group) is 1. The second-order valence-corrected chi connectivity index (χ2v) is 6.07. The summed E-state index contributed by atoms with van der Waals surface area (Å²) in [5.74, 6) is 0.696. The molecular weight excluding hydrogens is 238 g/mol. The van der Waals surface area contributed by atoms with Gasteiger partial charge in [-0.2, -0.15) is 0 Å². The summed E-state index contributed by atoms with van der Waals surface area (Å²) in [6.45, 7) is 10.4. The Balaban J connectivity index is 2.33. The number of rotatable bonds is 11. The number of hydrogen-bond acceptors (Lipinski definition) is 3. The lowest BCUT2D eigenvalue weighted by Crippen LogP contribution is -2.53. The van der Waals surface area contributed by atoms with Crippen LogP contribution in [-0.4, -0.2) is 42.5 Å². The van der Waals surface area contributed by atoms with E-state index in [1.165, 1.54) is 32.4 Å². The predicted octanol–water partition coefficient (Wildman–Crippen LogP) is 1.74. The van der Waals surface area contributed by atoms with Crippen LogP contribution in [0.15, 0.2) is 0 Å². The molecule has 0 bridgehead atoms. The van der Waals surface area contributed by atoms with Crippen molar-refractivity contribution in [1.29, 1.82) is 0 Å². The van der Waals surface area contributed by atoms with Crippen molar-refractivity contribution in [2.24, 2.45) is 11.7 Å². The van der Waals surface area contributed by atoms with Gasteiger partial charge < -0.3 is 16.0 Å². The molecule has 1 aliphatic rings. The Morgan fingerprint density at radius 3 is 2.53 bits per heavy atom. The van der Waals surface area contributed by atoms with E-state index in [4.69, 9.17) is 5.73 Å². The molecule has 4 heteroatoms. The highest BCUT2D eigenvalue weighted by molar-refractivity contribution is 5.84. The highest BCUT2D eigenvalue weighted by Crippen LogP contribution is 2.29. The largest absolute Gasteiger partial charge is 0.368 e. The fraction of sp³-hybridized carbons (Fsp3) is 0.933. The van der Waals surface area contributed by atoms with Gasteiger partial charge in [0, 0.05) is 6.54 Å². The molecule has 0 spiro atoms. The van der Waals surface area contributed by atoms with Gasteiger partial charge in [-0.25, -0.2) is 0 Å². The minimum atomic E-state index is -0.549. The zero-order valence-corrected chi connectivity index (χ0v) is 12.9. The maximum atomic E-state index is 11.5. The van der Waals surface area contributed by atoms with Gasteiger partial charge in [-0.15, -0.1) is 0 Å². The summed E-state index contributed by atoms with van der Waals surface area (Å²) in [6, 6.07) is 0. The van der Waals surface area contributed by atoms with E-state index in [2.05, 4.69) is 17.1 Å². The second kappa shape index (κ2) is 7.85. The first-order valence-corrected chi connectivity index (χ1v) is 7.79. The normalized spacial score (nSPS) is 18.5. The molecule has 4 nitrogen and oxygen atoms in total. The molecular formula is C15H31N3O. The van der Waals surface area contributed by atoms with Gasteiger partial charge >= 0.3 is 0 Å². The SMILES string of the molecule is CCCN(CCCC(C)(NCC)C(N)=O)CC1CC1. The first-order valence-electron chi connectivity index (χ1n) is 7.79. The lowest BCUT2D eigenvalue weighted by molar-refractivity contribution is -0.124. The third-order valence-electron chi connectivity index (χ3n) is 4.02. The molecule has 0 radical (unpaired) electrons. The minimum Gasteiger partial charge on any atom is -0.368 e.